The molecule has 22 heavy (non-hydrogen) atoms. The first-order valence-electron chi connectivity index (χ1n) is 7.57. The molecule has 0 bridgehead atoms. The van der Waals surface area contributed by atoms with E-state index in [4.69, 9.17) is 9.31 Å². The second kappa shape index (κ2) is 4.80. The number of anilines is 1. The van der Waals surface area contributed by atoms with Crippen LogP contribution in [0.1, 0.15) is 39.7 Å². The van der Waals surface area contributed by atoms with Gasteiger partial charge >= 0.3 is 7.12 Å². The first kappa shape index (κ1) is 15.5. The Morgan fingerprint density at radius 1 is 1.14 bits per heavy atom. The van der Waals surface area contributed by atoms with Crippen LogP contribution in [-0.2, 0) is 20.5 Å². The standard InChI is InChI=1S/C16H21BFNO3/c1-15(2)16(3,4)22-17(21-15)11-8-10-6-7-13(20)19(5)14(10)12(18)9-11/h8-9H,6-7H2,1-5H3. The Balaban J connectivity index is 1.98. The van der Waals surface area contributed by atoms with Gasteiger partial charge in [0.15, 0.2) is 0 Å². The number of carbonyl (C=O) groups excluding carboxylic acids is 1. The third kappa shape index (κ3) is 2.25. The molecule has 1 amide bonds. The molecule has 0 unspecified atom stereocenters. The van der Waals surface area contributed by atoms with Crippen LogP contribution in [0.2, 0.25) is 0 Å². The summed E-state index contributed by atoms with van der Waals surface area (Å²) in [6.07, 6.45) is 0.943. The van der Waals surface area contributed by atoms with Gasteiger partial charge in [-0.2, -0.15) is 0 Å². The van der Waals surface area contributed by atoms with Crippen LogP contribution in [0.3, 0.4) is 0 Å². The normalized spacial score (nSPS) is 22.9. The van der Waals surface area contributed by atoms with E-state index in [1.54, 1.807) is 7.05 Å². The summed E-state index contributed by atoms with van der Waals surface area (Å²) in [6.45, 7) is 7.87. The molecule has 0 radical (unpaired) electrons. The molecule has 0 saturated carbocycles. The smallest absolute Gasteiger partial charge is 0.399 e. The summed E-state index contributed by atoms with van der Waals surface area (Å²) in [5.41, 5.74) is 0.939. The quantitative estimate of drug-likeness (QED) is 0.745. The zero-order chi connectivity index (χ0) is 16.3. The molecule has 1 saturated heterocycles. The van der Waals surface area contributed by atoms with Gasteiger partial charge in [0.2, 0.25) is 5.91 Å². The van der Waals surface area contributed by atoms with Gasteiger partial charge in [-0.05, 0) is 51.2 Å². The van der Waals surface area contributed by atoms with Gasteiger partial charge < -0.3 is 14.2 Å². The monoisotopic (exact) mass is 305 g/mol. The molecule has 0 atom stereocenters. The molecule has 1 aromatic rings. The summed E-state index contributed by atoms with van der Waals surface area (Å²) in [5.74, 6) is -0.465. The van der Waals surface area contributed by atoms with Gasteiger partial charge in [0, 0.05) is 13.5 Å². The highest BCUT2D eigenvalue weighted by Gasteiger charge is 2.52. The van der Waals surface area contributed by atoms with Crippen LogP contribution in [-0.4, -0.2) is 31.3 Å². The molecule has 0 aromatic heterocycles. The van der Waals surface area contributed by atoms with Gasteiger partial charge in [-0.1, -0.05) is 6.07 Å². The zero-order valence-corrected chi connectivity index (χ0v) is 13.7. The van der Waals surface area contributed by atoms with Crippen molar-refractivity contribution < 1.29 is 18.5 Å². The summed E-state index contributed by atoms with van der Waals surface area (Å²) in [5, 5.41) is 0. The lowest BCUT2D eigenvalue weighted by Crippen LogP contribution is -2.41. The van der Waals surface area contributed by atoms with E-state index in [0.717, 1.165) is 5.56 Å². The first-order chi connectivity index (χ1) is 10.1. The minimum absolute atomic E-state index is 0.0604. The number of benzene rings is 1. The van der Waals surface area contributed by atoms with Crippen molar-refractivity contribution in [3.63, 3.8) is 0 Å². The van der Waals surface area contributed by atoms with Gasteiger partial charge in [-0.3, -0.25) is 4.79 Å². The van der Waals surface area contributed by atoms with Gasteiger partial charge in [-0.15, -0.1) is 0 Å². The topological polar surface area (TPSA) is 38.8 Å². The number of nitrogens with zero attached hydrogens (tertiary/aromatic N) is 1. The molecule has 2 aliphatic heterocycles. The molecule has 1 aromatic carbocycles. The highest BCUT2D eigenvalue weighted by molar-refractivity contribution is 6.62. The molecule has 0 spiro atoms. The predicted octanol–water partition coefficient (Wildman–Crippen LogP) is 2.03. The van der Waals surface area contributed by atoms with Crippen molar-refractivity contribution in [3.05, 3.63) is 23.5 Å². The lowest BCUT2D eigenvalue weighted by atomic mass is 9.77. The molecule has 1 fully saturated rings. The molecular formula is C16H21BFNO3. The number of halogens is 1. The zero-order valence-electron chi connectivity index (χ0n) is 13.7. The lowest BCUT2D eigenvalue weighted by Gasteiger charge is -2.32. The molecule has 2 heterocycles. The van der Waals surface area contributed by atoms with E-state index in [-0.39, 0.29) is 5.91 Å². The predicted molar refractivity (Wildman–Crippen MR) is 83.8 cm³/mol. The Kier molecular flexibility index (Phi) is 3.38. The summed E-state index contributed by atoms with van der Waals surface area (Å²) in [6, 6.07) is 3.31. The third-order valence-corrected chi connectivity index (χ3v) is 5.01. The second-order valence-electron chi connectivity index (χ2n) is 7.05. The van der Waals surface area contributed by atoms with Crippen LogP contribution in [0.4, 0.5) is 10.1 Å². The maximum absolute atomic E-state index is 14.5. The molecule has 0 N–H and O–H groups in total. The summed E-state index contributed by atoms with van der Waals surface area (Å²) >= 11 is 0. The van der Waals surface area contributed by atoms with Crippen molar-refractivity contribution in [2.75, 3.05) is 11.9 Å². The van der Waals surface area contributed by atoms with Crippen LogP contribution in [0.25, 0.3) is 0 Å². The molecule has 6 heteroatoms. The molecule has 3 rings (SSSR count). The van der Waals surface area contributed by atoms with Crippen LogP contribution in [0.5, 0.6) is 0 Å². The minimum Gasteiger partial charge on any atom is -0.399 e. The Morgan fingerprint density at radius 2 is 1.73 bits per heavy atom. The Labute approximate surface area is 130 Å². The summed E-state index contributed by atoms with van der Waals surface area (Å²) in [4.78, 5) is 13.1. The maximum Gasteiger partial charge on any atom is 0.494 e. The fourth-order valence-electron chi connectivity index (χ4n) is 2.89. The van der Waals surface area contributed by atoms with E-state index in [1.165, 1.54) is 11.0 Å². The van der Waals surface area contributed by atoms with Crippen molar-refractivity contribution in [2.45, 2.75) is 51.7 Å². The Hall–Kier alpha value is -1.40. The van der Waals surface area contributed by atoms with Crippen molar-refractivity contribution in [2.24, 2.45) is 0 Å². The van der Waals surface area contributed by atoms with Gasteiger partial charge in [0.1, 0.15) is 5.82 Å². The average molecular weight is 305 g/mol. The molecule has 0 aliphatic carbocycles. The Bertz CT molecular complexity index is 629. The van der Waals surface area contributed by atoms with Crippen LogP contribution in [0, 0.1) is 5.82 Å². The van der Waals surface area contributed by atoms with E-state index < -0.39 is 24.1 Å². The minimum atomic E-state index is -0.590. The number of carbonyl (C=O) groups is 1. The van der Waals surface area contributed by atoms with E-state index in [0.29, 0.717) is 24.0 Å². The fourth-order valence-corrected chi connectivity index (χ4v) is 2.89. The largest absolute Gasteiger partial charge is 0.494 e. The van der Waals surface area contributed by atoms with Gasteiger partial charge in [0.25, 0.3) is 0 Å². The number of aryl methyl sites for hydroxylation is 1. The molecule has 2 aliphatic rings. The maximum atomic E-state index is 14.5. The number of fused-ring (bicyclic) bond motifs is 1. The van der Waals surface area contributed by atoms with Crippen molar-refractivity contribution in [1.29, 1.82) is 0 Å². The highest BCUT2D eigenvalue weighted by Crippen LogP contribution is 2.37. The summed E-state index contributed by atoms with van der Waals surface area (Å²) in [7, 11) is 1.02. The van der Waals surface area contributed by atoms with Gasteiger partial charge in [-0.25, -0.2) is 4.39 Å². The third-order valence-electron chi connectivity index (χ3n) is 5.01. The first-order valence-corrected chi connectivity index (χ1v) is 7.57. The van der Waals surface area contributed by atoms with E-state index >= 15 is 0 Å². The second-order valence-corrected chi connectivity index (χ2v) is 7.05. The van der Waals surface area contributed by atoms with Crippen LogP contribution >= 0.6 is 0 Å². The number of rotatable bonds is 1. The highest BCUT2D eigenvalue weighted by atomic mass is 19.1. The van der Waals surface area contributed by atoms with E-state index in [2.05, 4.69) is 0 Å². The van der Waals surface area contributed by atoms with E-state index in [9.17, 15) is 9.18 Å². The SMILES string of the molecule is CN1C(=O)CCc2cc(B3OC(C)(C)C(C)(C)O3)cc(F)c21. The van der Waals surface area contributed by atoms with Crippen molar-refractivity contribution in [1.82, 2.24) is 0 Å². The average Bonchev–Trinajstić information content (AvgIpc) is 2.62. The number of amides is 1. The van der Waals surface area contributed by atoms with E-state index in [1.807, 2.05) is 33.8 Å². The number of hydrogen-bond donors (Lipinski definition) is 0. The van der Waals surface area contributed by atoms with Crippen LogP contribution < -0.4 is 10.4 Å². The molecular weight excluding hydrogens is 284 g/mol. The lowest BCUT2D eigenvalue weighted by molar-refractivity contribution is -0.118. The summed E-state index contributed by atoms with van der Waals surface area (Å²) < 4.78 is 26.4. The molecule has 4 nitrogen and oxygen atoms in total. The fraction of sp³-hybridized carbons (Fsp3) is 0.562. The van der Waals surface area contributed by atoms with Crippen molar-refractivity contribution >= 4 is 24.2 Å². The molecule has 118 valence electrons. The van der Waals surface area contributed by atoms with Gasteiger partial charge in [0.05, 0.1) is 16.9 Å². The Morgan fingerprint density at radius 3 is 2.32 bits per heavy atom. The number of hydrogen-bond acceptors (Lipinski definition) is 3. The van der Waals surface area contributed by atoms with Crippen molar-refractivity contribution in [3.8, 4) is 0 Å². The van der Waals surface area contributed by atoms with Crippen LogP contribution in [0.15, 0.2) is 12.1 Å².